The van der Waals surface area contributed by atoms with Crippen LogP contribution in [0.3, 0.4) is 0 Å². The van der Waals surface area contributed by atoms with Crippen LogP contribution in [0.4, 0.5) is 13.2 Å². The van der Waals surface area contributed by atoms with Gasteiger partial charge < -0.3 is 15.4 Å². The van der Waals surface area contributed by atoms with Crippen molar-refractivity contribution in [3.05, 3.63) is 11.5 Å². The number of aliphatic carboxylic acids is 1. The number of nitrogens with two attached hydrogens (primary N) is 1. The number of alkyl halides is 3. The molecule has 28 heavy (non-hydrogen) atoms. The number of hydrogen-bond acceptors (Lipinski definition) is 9. The molecule has 1 aliphatic rings. The van der Waals surface area contributed by atoms with E-state index in [-0.39, 0.29) is 30.1 Å². The number of aryl methyl sites for hydroxylation is 1. The van der Waals surface area contributed by atoms with Crippen molar-refractivity contribution in [1.29, 1.82) is 0 Å². The molecule has 12 nitrogen and oxygen atoms in total. The fourth-order valence-corrected chi connectivity index (χ4v) is 3.16. The second-order valence-corrected chi connectivity index (χ2v) is 7.44. The topological polar surface area (TPSA) is 179 Å². The van der Waals surface area contributed by atoms with Crippen LogP contribution in [-0.4, -0.2) is 56.8 Å². The highest BCUT2D eigenvalue weighted by molar-refractivity contribution is 7.88. The molecule has 0 aromatic carbocycles. The van der Waals surface area contributed by atoms with Gasteiger partial charge in [-0.05, 0) is 12.8 Å². The molecule has 0 amide bonds. The van der Waals surface area contributed by atoms with Crippen molar-refractivity contribution < 1.29 is 36.0 Å². The zero-order valence-electron chi connectivity index (χ0n) is 14.3. The third kappa shape index (κ3) is 5.96. The maximum Gasteiger partial charge on any atom is 0.490 e. The lowest BCUT2D eigenvalue weighted by Crippen LogP contribution is -2.27. The average Bonchev–Trinajstić information content (AvgIpc) is 3.11. The Bertz CT molecular complexity index is 936. The summed E-state index contributed by atoms with van der Waals surface area (Å²) in [5, 5.41) is 18.5. The third-order valence-corrected chi connectivity index (χ3v) is 4.58. The van der Waals surface area contributed by atoms with Crippen LogP contribution < -0.4 is 10.5 Å². The van der Waals surface area contributed by atoms with E-state index in [4.69, 9.17) is 20.2 Å². The van der Waals surface area contributed by atoms with Crippen molar-refractivity contribution >= 4 is 16.0 Å². The molecule has 1 fully saturated rings. The van der Waals surface area contributed by atoms with Gasteiger partial charge >= 0.3 is 12.1 Å². The van der Waals surface area contributed by atoms with Gasteiger partial charge in [-0.3, -0.25) is 0 Å². The molecular weight excluding hydrogens is 411 g/mol. The maximum atomic E-state index is 11.9. The van der Waals surface area contributed by atoms with Crippen LogP contribution in [0.2, 0.25) is 0 Å². The number of carboxylic acids is 1. The van der Waals surface area contributed by atoms with Crippen molar-refractivity contribution in [2.24, 2.45) is 12.8 Å². The van der Waals surface area contributed by atoms with Crippen molar-refractivity contribution in [2.45, 2.75) is 37.4 Å². The summed E-state index contributed by atoms with van der Waals surface area (Å²) in [5.74, 6) is -2.84. The second kappa shape index (κ2) is 8.19. The number of aromatic nitrogens is 5. The minimum absolute atomic E-state index is 0.0477. The van der Waals surface area contributed by atoms with E-state index < -0.39 is 22.2 Å². The Kier molecular flexibility index (Phi) is 6.35. The van der Waals surface area contributed by atoms with E-state index in [1.54, 1.807) is 7.05 Å². The molecule has 2 aromatic rings. The number of rotatable bonds is 6. The average molecular weight is 427 g/mol. The first-order valence-corrected chi connectivity index (χ1v) is 9.30. The molecule has 16 heteroatoms. The first kappa shape index (κ1) is 21.7. The van der Waals surface area contributed by atoms with E-state index in [1.165, 1.54) is 4.68 Å². The summed E-state index contributed by atoms with van der Waals surface area (Å²) in [4.78, 5) is 13.0. The van der Waals surface area contributed by atoms with Gasteiger partial charge in [0.25, 0.3) is 5.89 Å². The summed E-state index contributed by atoms with van der Waals surface area (Å²) in [6.07, 6.45) is -3.34. The van der Waals surface area contributed by atoms with Crippen LogP contribution in [0.5, 0.6) is 0 Å². The van der Waals surface area contributed by atoms with Gasteiger partial charge in [0.2, 0.25) is 10.0 Å². The number of carboxylic acid groups (broad SMARTS) is 1. The molecule has 0 radical (unpaired) electrons. The predicted molar refractivity (Wildman–Crippen MR) is 84.7 cm³/mol. The molecule has 4 N–H and O–H groups in total. The lowest BCUT2D eigenvalue weighted by Gasteiger charge is -2.01. The van der Waals surface area contributed by atoms with E-state index in [0.29, 0.717) is 11.4 Å². The summed E-state index contributed by atoms with van der Waals surface area (Å²) in [6, 6.07) is 0.0477. The fourth-order valence-electron chi connectivity index (χ4n) is 1.87. The van der Waals surface area contributed by atoms with Crippen LogP contribution in [0.25, 0.3) is 11.6 Å². The molecule has 156 valence electrons. The Balaban J connectivity index is 0.000000345. The number of nitrogens with zero attached hydrogens (tertiary/aromatic N) is 5. The monoisotopic (exact) mass is 427 g/mol. The van der Waals surface area contributed by atoms with Gasteiger partial charge in [-0.25, -0.2) is 22.6 Å². The molecule has 0 aliphatic heterocycles. The Hall–Kier alpha value is -2.59. The molecular formula is C12H16F3N7O5S. The minimum Gasteiger partial charge on any atom is -0.475 e. The van der Waals surface area contributed by atoms with E-state index in [2.05, 4.69) is 25.2 Å². The molecule has 0 atom stereocenters. The number of carbonyl (C=O) groups is 1. The minimum atomic E-state index is -5.08. The van der Waals surface area contributed by atoms with Crippen LogP contribution in [0.1, 0.15) is 24.4 Å². The van der Waals surface area contributed by atoms with E-state index in [9.17, 15) is 21.6 Å². The highest BCUT2D eigenvalue weighted by Crippen LogP contribution is 2.22. The van der Waals surface area contributed by atoms with Gasteiger partial charge in [0.1, 0.15) is 11.4 Å². The van der Waals surface area contributed by atoms with Crippen LogP contribution in [-0.2, 0) is 34.2 Å². The molecule has 1 saturated carbocycles. The van der Waals surface area contributed by atoms with Gasteiger partial charge in [0.15, 0.2) is 11.5 Å². The van der Waals surface area contributed by atoms with Crippen LogP contribution in [0, 0.1) is 0 Å². The van der Waals surface area contributed by atoms with Crippen LogP contribution >= 0.6 is 0 Å². The number of nitrogens with one attached hydrogen (secondary N) is 1. The number of halogens is 3. The summed E-state index contributed by atoms with van der Waals surface area (Å²) >= 11 is 0. The standard InChI is InChI=1S/C10H15N7O3S.C2HF3O2/c1-17-9(7(4-11)13-16-17)10-12-8(14-20-10)5-21(18,19)15-6-2-3-6;3-2(4,5)1(6)7/h6,15H,2-5,11H2,1H3;(H,6,7). The van der Waals surface area contributed by atoms with Gasteiger partial charge in [-0.15, -0.1) is 5.10 Å². The summed E-state index contributed by atoms with van der Waals surface area (Å²) < 4.78 is 64.5. The number of hydrogen-bond donors (Lipinski definition) is 3. The summed E-state index contributed by atoms with van der Waals surface area (Å²) in [6.45, 7) is 0.169. The quantitative estimate of drug-likeness (QED) is 0.546. The zero-order chi connectivity index (χ0) is 21.1. The highest BCUT2D eigenvalue weighted by atomic mass is 32.2. The molecule has 0 unspecified atom stereocenters. The van der Waals surface area contributed by atoms with Gasteiger partial charge in [-0.2, -0.15) is 18.2 Å². The van der Waals surface area contributed by atoms with E-state index >= 15 is 0 Å². The lowest BCUT2D eigenvalue weighted by molar-refractivity contribution is -0.192. The van der Waals surface area contributed by atoms with Gasteiger partial charge in [-0.1, -0.05) is 10.4 Å². The first-order chi connectivity index (χ1) is 12.9. The normalized spacial score (nSPS) is 14.5. The van der Waals surface area contributed by atoms with Crippen molar-refractivity contribution in [3.8, 4) is 11.6 Å². The van der Waals surface area contributed by atoms with Gasteiger partial charge in [0, 0.05) is 19.6 Å². The highest BCUT2D eigenvalue weighted by Gasteiger charge is 2.38. The third-order valence-electron chi connectivity index (χ3n) is 3.25. The molecule has 0 bridgehead atoms. The lowest BCUT2D eigenvalue weighted by atomic mass is 10.3. The van der Waals surface area contributed by atoms with Crippen molar-refractivity contribution in [3.63, 3.8) is 0 Å². The molecule has 2 heterocycles. The second-order valence-electron chi connectivity index (χ2n) is 5.68. The largest absolute Gasteiger partial charge is 0.490 e. The Morgan fingerprint density at radius 2 is 2.04 bits per heavy atom. The first-order valence-electron chi connectivity index (χ1n) is 7.64. The Morgan fingerprint density at radius 3 is 2.54 bits per heavy atom. The number of sulfonamides is 1. The van der Waals surface area contributed by atoms with E-state index in [1.807, 2.05) is 0 Å². The summed E-state index contributed by atoms with van der Waals surface area (Å²) in [5.41, 5.74) is 6.56. The smallest absolute Gasteiger partial charge is 0.475 e. The predicted octanol–water partition coefficient (Wildman–Crippen LogP) is -0.461. The molecule has 2 aromatic heterocycles. The van der Waals surface area contributed by atoms with Crippen molar-refractivity contribution in [1.82, 2.24) is 29.9 Å². The zero-order valence-corrected chi connectivity index (χ0v) is 15.2. The Labute approximate surface area is 155 Å². The molecule has 0 spiro atoms. The van der Waals surface area contributed by atoms with E-state index in [0.717, 1.165) is 12.8 Å². The maximum absolute atomic E-state index is 11.9. The SMILES string of the molecule is Cn1nnc(CN)c1-c1nc(CS(=O)(=O)NC2CC2)no1.O=C(O)C(F)(F)F. The van der Waals surface area contributed by atoms with Crippen molar-refractivity contribution in [2.75, 3.05) is 0 Å². The fraction of sp³-hybridized carbons (Fsp3) is 0.583. The van der Waals surface area contributed by atoms with Gasteiger partial charge in [0.05, 0.1) is 0 Å². The summed E-state index contributed by atoms with van der Waals surface area (Å²) in [7, 11) is -1.79. The van der Waals surface area contributed by atoms with Crippen LogP contribution in [0.15, 0.2) is 4.52 Å². The Morgan fingerprint density at radius 1 is 1.43 bits per heavy atom. The molecule has 0 saturated heterocycles. The molecule has 1 aliphatic carbocycles. The molecule has 3 rings (SSSR count).